The van der Waals surface area contributed by atoms with E-state index in [1.807, 2.05) is 0 Å². The fraction of sp³-hybridized carbons (Fsp3) is 0.826. The van der Waals surface area contributed by atoms with Gasteiger partial charge in [0.15, 0.2) is 0 Å². The van der Waals surface area contributed by atoms with Gasteiger partial charge in [-0.2, -0.15) is 0 Å². The van der Waals surface area contributed by atoms with Crippen LogP contribution in [0.15, 0.2) is 16.1 Å². The predicted molar refractivity (Wildman–Crippen MR) is 112 cm³/mol. The molecule has 150 valence electrons. The zero-order valence-electron chi connectivity index (χ0n) is 18.0. The number of aliphatic imine (C=N–C) groups is 1. The van der Waals surface area contributed by atoms with Crippen molar-refractivity contribution in [2.24, 2.45) is 22.2 Å². The summed E-state index contributed by atoms with van der Waals surface area (Å²) in [6.07, 6.45) is 13.0. The summed E-state index contributed by atoms with van der Waals surface area (Å²) in [7, 11) is 0. The third-order valence-corrected chi connectivity index (χ3v) is 6.16. The van der Waals surface area contributed by atoms with E-state index in [2.05, 4.69) is 39.6 Å². The van der Waals surface area contributed by atoms with Crippen molar-refractivity contribution >= 4 is 12.2 Å². The molecule has 0 aromatic heterocycles. The van der Waals surface area contributed by atoms with Crippen LogP contribution in [-0.2, 0) is 4.79 Å². The number of hydrogen-bond donors (Lipinski definition) is 1. The van der Waals surface area contributed by atoms with Crippen LogP contribution in [0.25, 0.3) is 0 Å². The maximum atomic E-state index is 10.7. The Kier molecular flexibility index (Phi) is 9.60. The topological polar surface area (TPSA) is 49.7 Å². The fourth-order valence-electron chi connectivity index (χ4n) is 4.16. The fourth-order valence-corrected chi connectivity index (χ4v) is 4.16. The number of carboxylic acid groups (broad SMARTS) is 1. The summed E-state index contributed by atoms with van der Waals surface area (Å²) in [6.45, 7) is 13.4. The van der Waals surface area contributed by atoms with Crippen LogP contribution in [0, 0.1) is 17.3 Å². The van der Waals surface area contributed by atoms with Crippen molar-refractivity contribution < 1.29 is 9.90 Å². The number of allylic oxidation sites excluding steroid dienone is 2. The zero-order valence-corrected chi connectivity index (χ0v) is 18.0. The average Bonchev–Trinajstić information content (AvgIpc) is 2.53. The Labute approximate surface area is 161 Å². The molecule has 3 atom stereocenters. The van der Waals surface area contributed by atoms with Crippen LogP contribution in [0.2, 0.25) is 0 Å². The van der Waals surface area contributed by atoms with E-state index in [4.69, 9.17) is 5.11 Å². The van der Waals surface area contributed by atoms with Gasteiger partial charge in [-0.05, 0) is 75.8 Å². The standard InChI is InChI=1S/C23H41NO2/c1-17(12-13-21-19(3)11-8-15-23(21,5)6)9-7-10-18(2)14-16-24-20(4)22(25)26/h16-18,20H,7-15H2,1-6H3,(H,25,26)/b24-16-/t17?,18?,20-/m0/s1. The van der Waals surface area contributed by atoms with Gasteiger partial charge in [-0.3, -0.25) is 4.99 Å². The third-order valence-electron chi connectivity index (χ3n) is 6.16. The van der Waals surface area contributed by atoms with E-state index in [1.165, 1.54) is 51.4 Å². The minimum Gasteiger partial charge on any atom is -0.480 e. The van der Waals surface area contributed by atoms with E-state index in [1.54, 1.807) is 24.3 Å². The second-order valence-corrected chi connectivity index (χ2v) is 9.26. The van der Waals surface area contributed by atoms with Crippen molar-refractivity contribution in [3.63, 3.8) is 0 Å². The third kappa shape index (κ3) is 8.05. The van der Waals surface area contributed by atoms with Gasteiger partial charge in [0.05, 0.1) is 0 Å². The van der Waals surface area contributed by atoms with Crippen LogP contribution in [0.4, 0.5) is 0 Å². The van der Waals surface area contributed by atoms with Crippen molar-refractivity contribution in [3.8, 4) is 0 Å². The summed E-state index contributed by atoms with van der Waals surface area (Å²) in [5.41, 5.74) is 3.79. The minimum atomic E-state index is -0.853. The van der Waals surface area contributed by atoms with Crippen molar-refractivity contribution in [3.05, 3.63) is 11.1 Å². The molecule has 0 aromatic carbocycles. The van der Waals surface area contributed by atoms with Gasteiger partial charge in [0.2, 0.25) is 0 Å². The molecule has 0 radical (unpaired) electrons. The zero-order chi connectivity index (χ0) is 19.7. The lowest BCUT2D eigenvalue weighted by Crippen LogP contribution is -2.20. The Bertz CT molecular complexity index is 504. The van der Waals surface area contributed by atoms with Gasteiger partial charge in [0.25, 0.3) is 0 Å². The number of rotatable bonds is 11. The molecule has 0 spiro atoms. The molecule has 3 heteroatoms. The Morgan fingerprint density at radius 3 is 2.46 bits per heavy atom. The van der Waals surface area contributed by atoms with Crippen molar-refractivity contribution in [1.29, 1.82) is 0 Å². The lowest BCUT2D eigenvalue weighted by Gasteiger charge is -2.35. The SMILES string of the molecule is CC1=C(CCC(C)CCCC(C)C/C=N\[C@@H](C)C(=O)O)C(C)(C)CCC1. The predicted octanol–water partition coefficient (Wildman–Crippen LogP) is 6.67. The van der Waals surface area contributed by atoms with Crippen LogP contribution in [0.5, 0.6) is 0 Å². The van der Waals surface area contributed by atoms with Gasteiger partial charge in [0, 0.05) is 0 Å². The first-order valence-electron chi connectivity index (χ1n) is 10.6. The Morgan fingerprint density at radius 1 is 1.19 bits per heavy atom. The minimum absolute atomic E-state index is 0.406. The van der Waals surface area contributed by atoms with E-state index in [-0.39, 0.29) is 0 Å². The van der Waals surface area contributed by atoms with Crippen molar-refractivity contribution in [2.75, 3.05) is 0 Å². The van der Waals surface area contributed by atoms with E-state index in [0.717, 1.165) is 12.3 Å². The number of carbonyl (C=O) groups is 1. The highest BCUT2D eigenvalue weighted by atomic mass is 16.4. The molecule has 3 nitrogen and oxygen atoms in total. The molecular formula is C23H41NO2. The highest BCUT2D eigenvalue weighted by Crippen LogP contribution is 2.42. The Hall–Kier alpha value is -1.12. The lowest BCUT2D eigenvalue weighted by molar-refractivity contribution is -0.137. The average molecular weight is 364 g/mol. The second kappa shape index (κ2) is 10.9. The normalized spacial score (nSPS) is 21.0. The van der Waals surface area contributed by atoms with Crippen LogP contribution >= 0.6 is 0 Å². The van der Waals surface area contributed by atoms with Gasteiger partial charge >= 0.3 is 5.97 Å². The Morgan fingerprint density at radius 2 is 1.85 bits per heavy atom. The number of aliphatic carboxylic acids is 1. The molecule has 1 aliphatic carbocycles. The highest BCUT2D eigenvalue weighted by molar-refractivity contribution is 5.75. The first-order chi connectivity index (χ1) is 12.1. The summed E-state index contributed by atoms with van der Waals surface area (Å²) in [5.74, 6) is 0.504. The molecule has 26 heavy (non-hydrogen) atoms. The molecule has 0 aliphatic heterocycles. The maximum absolute atomic E-state index is 10.7. The largest absolute Gasteiger partial charge is 0.480 e. The van der Waals surface area contributed by atoms with E-state index < -0.39 is 12.0 Å². The smallest absolute Gasteiger partial charge is 0.328 e. The summed E-state index contributed by atoms with van der Waals surface area (Å²) in [4.78, 5) is 14.8. The molecule has 1 aliphatic rings. The second-order valence-electron chi connectivity index (χ2n) is 9.26. The van der Waals surface area contributed by atoms with Crippen LogP contribution in [0.3, 0.4) is 0 Å². The number of nitrogens with zero attached hydrogens (tertiary/aromatic N) is 1. The van der Waals surface area contributed by atoms with Crippen molar-refractivity contribution in [2.45, 2.75) is 105 Å². The summed E-state index contributed by atoms with van der Waals surface area (Å²) in [6, 6.07) is -0.621. The molecule has 0 fully saturated rings. The quantitative estimate of drug-likeness (QED) is 0.329. The molecular weight excluding hydrogens is 322 g/mol. The van der Waals surface area contributed by atoms with Gasteiger partial charge in [-0.25, -0.2) is 4.79 Å². The van der Waals surface area contributed by atoms with Crippen LogP contribution in [0.1, 0.15) is 99.3 Å². The highest BCUT2D eigenvalue weighted by Gasteiger charge is 2.28. The lowest BCUT2D eigenvalue weighted by atomic mass is 9.70. The molecule has 1 N–H and O–H groups in total. The molecule has 0 heterocycles. The summed E-state index contributed by atoms with van der Waals surface area (Å²) in [5, 5.41) is 8.83. The van der Waals surface area contributed by atoms with E-state index >= 15 is 0 Å². The maximum Gasteiger partial charge on any atom is 0.328 e. The molecule has 0 bridgehead atoms. The number of carboxylic acids is 1. The van der Waals surface area contributed by atoms with Crippen LogP contribution < -0.4 is 0 Å². The summed E-state index contributed by atoms with van der Waals surface area (Å²) >= 11 is 0. The molecule has 2 unspecified atom stereocenters. The molecule has 0 aromatic rings. The van der Waals surface area contributed by atoms with Gasteiger partial charge in [0.1, 0.15) is 6.04 Å². The first kappa shape index (κ1) is 22.9. The van der Waals surface area contributed by atoms with Gasteiger partial charge < -0.3 is 5.11 Å². The van der Waals surface area contributed by atoms with Crippen LogP contribution in [-0.4, -0.2) is 23.3 Å². The monoisotopic (exact) mass is 363 g/mol. The van der Waals surface area contributed by atoms with E-state index in [9.17, 15) is 4.79 Å². The first-order valence-corrected chi connectivity index (χ1v) is 10.6. The van der Waals surface area contributed by atoms with Crippen molar-refractivity contribution in [1.82, 2.24) is 0 Å². The molecule has 0 saturated carbocycles. The van der Waals surface area contributed by atoms with E-state index in [0.29, 0.717) is 11.3 Å². The summed E-state index contributed by atoms with van der Waals surface area (Å²) < 4.78 is 0. The molecule has 1 rings (SSSR count). The van der Waals surface area contributed by atoms with Gasteiger partial charge in [-0.1, -0.05) is 58.1 Å². The van der Waals surface area contributed by atoms with Gasteiger partial charge in [-0.15, -0.1) is 0 Å². The number of hydrogen-bond acceptors (Lipinski definition) is 2. The Balaban J connectivity index is 2.26. The molecule has 0 saturated heterocycles. The molecule has 0 amide bonds.